The second-order valence-corrected chi connectivity index (χ2v) is 6.89. The molecule has 1 amide bonds. The minimum absolute atomic E-state index is 0.00606. The number of hydrogen-bond acceptors (Lipinski definition) is 3. The molecule has 10 heteroatoms. The van der Waals surface area contributed by atoms with Gasteiger partial charge in [-0.2, -0.15) is 23.5 Å². The topological polar surface area (TPSA) is 70.7 Å². The monoisotopic (exact) mass is 432 g/mol. The first kappa shape index (κ1) is 22.1. The van der Waals surface area contributed by atoms with E-state index in [4.69, 9.17) is 23.2 Å². The number of rotatable bonds is 7. The van der Waals surface area contributed by atoms with Crippen molar-refractivity contribution in [3.05, 3.63) is 39.5 Å². The molecule has 2 rings (SSSR count). The third-order valence-corrected chi connectivity index (χ3v) is 4.54. The van der Waals surface area contributed by atoms with E-state index in [2.05, 4.69) is 17.3 Å². The summed E-state index contributed by atoms with van der Waals surface area (Å²) in [6.45, 7) is 2.05. The minimum atomic E-state index is -4.62. The van der Waals surface area contributed by atoms with E-state index in [0.717, 1.165) is 23.9 Å². The molecule has 1 aromatic carbocycles. The Kier molecular flexibility index (Phi) is 7.33. The van der Waals surface area contributed by atoms with Crippen LogP contribution in [-0.2, 0) is 11.0 Å². The lowest BCUT2D eigenvalue weighted by atomic mass is 10.1. The van der Waals surface area contributed by atoms with E-state index in [0.29, 0.717) is 18.6 Å². The molecule has 0 aliphatic rings. The van der Waals surface area contributed by atoms with Crippen LogP contribution in [0.25, 0.3) is 5.69 Å². The van der Waals surface area contributed by atoms with E-state index in [1.807, 2.05) is 6.07 Å². The van der Waals surface area contributed by atoms with Crippen molar-refractivity contribution in [2.75, 3.05) is 5.32 Å². The predicted molar refractivity (Wildman–Crippen MR) is 101 cm³/mol. The number of alkyl halides is 3. The van der Waals surface area contributed by atoms with Crippen LogP contribution in [0.15, 0.2) is 18.3 Å². The zero-order chi connectivity index (χ0) is 20.9. The van der Waals surface area contributed by atoms with Crippen LogP contribution in [0, 0.1) is 11.3 Å². The van der Waals surface area contributed by atoms with Crippen molar-refractivity contribution in [2.24, 2.45) is 0 Å². The Balaban J connectivity index is 2.37. The fraction of sp³-hybridized carbons (Fsp3) is 0.389. The van der Waals surface area contributed by atoms with Crippen LogP contribution in [-0.4, -0.2) is 15.7 Å². The lowest BCUT2D eigenvalue weighted by Gasteiger charge is -2.15. The number of hydrogen-bond donors (Lipinski definition) is 1. The third kappa shape index (κ3) is 5.18. The Morgan fingerprint density at radius 3 is 2.43 bits per heavy atom. The SMILES string of the molecule is CCCCCCC(=O)Nc1c(C#N)cnn1-c1c(Cl)cc(C(F)(F)F)cc1Cl. The Labute approximate surface area is 170 Å². The van der Waals surface area contributed by atoms with Gasteiger partial charge in [0.05, 0.1) is 21.8 Å². The molecule has 1 N–H and O–H groups in total. The average Bonchev–Trinajstić information content (AvgIpc) is 2.99. The number of halogens is 5. The van der Waals surface area contributed by atoms with Gasteiger partial charge in [-0.3, -0.25) is 4.79 Å². The van der Waals surface area contributed by atoms with E-state index in [1.165, 1.54) is 6.20 Å². The average molecular weight is 433 g/mol. The molecule has 0 aliphatic heterocycles. The molecule has 0 spiro atoms. The molecule has 0 bridgehead atoms. The van der Waals surface area contributed by atoms with Gasteiger partial charge in [0.15, 0.2) is 5.82 Å². The summed E-state index contributed by atoms with van der Waals surface area (Å²) in [6, 6.07) is 3.31. The molecular weight excluding hydrogens is 416 g/mol. The zero-order valence-electron chi connectivity index (χ0n) is 14.9. The number of nitrogens with one attached hydrogen (secondary N) is 1. The van der Waals surface area contributed by atoms with Gasteiger partial charge < -0.3 is 5.32 Å². The molecule has 1 aromatic heterocycles. The number of unbranched alkanes of at least 4 members (excludes halogenated alkanes) is 3. The van der Waals surface area contributed by atoms with Crippen molar-refractivity contribution in [3.63, 3.8) is 0 Å². The zero-order valence-corrected chi connectivity index (χ0v) is 16.4. The maximum absolute atomic E-state index is 12.9. The summed E-state index contributed by atoms with van der Waals surface area (Å²) in [5.74, 6) is -0.333. The number of carbonyl (C=O) groups excluding carboxylic acids is 1. The number of amides is 1. The van der Waals surface area contributed by atoms with E-state index >= 15 is 0 Å². The Hall–Kier alpha value is -2.24. The first-order chi connectivity index (χ1) is 13.2. The molecule has 0 fully saturated rings. The predicted octanol–water partition coefficient (Wildman–Crippen LogP) is 5.98. The first-order valence-corrected chi connectivity index (χ1v) is 9.29. The molecule has 28 heavy (non-hydrogen) atoms. The summed E-state index contributed by atoms with van der Waals surface area (Å²) in [7, 11) is 0. The smallest absolute Gasteiger partial charge is 0.309 e. The van der Waals surface area contributed by atoms with Crippen molar-refractivity contribution in [3.8, 4) is 11.8 Å². The Morgan fingerprint density at radius 1 is 1.25 bits per heavy atom. The number of anilines is 1. The normalized spacial score (nSPS) is 11.3. The summed E-state index contributed by atoms with van der Waals surface area (Å²) >= 11 is 12.0. The number of nitriles is 1. The van der Waals surface area contributed by atoms with Gasteiger partial charge in [-0.15, -0.1) is 0 Å². The van der Waals surface area contributed by atoms with Crippen LogP contribution in [0.4, 0.5) is 19.0 Å². The van der Waals surface area contributed by atoms with Crippen molar-refractivity contribution in [1.82, 2.24) is 9.78 Å². The standard InChI is InChI=1S/C18H17Cl2F3N4O/c1-2-3-4-5-6-15(28)26-17-11(9-24)10-25-27(17)16-13(19)7-12(8-14(16)20)18(21,22)23/h7-8,10H,2-6H2,1H3,(H,26,28). The van der Waals surface area contributed by atoms with Crippen LogP contribution in [0.3, 0.4) is 0 Å². The van der Waals surface area contributed by atoms with Crippen molar-refractivity contribution in [2.45, 2.75) is 45.2 Å². The maximum atomic E-state index is 12.9. The van der Waals surface area contributed by atoms with Gasteiger partial charge in [0, 0.05) is 6.42 Å². The van der Waals surface area contributed by atoms with Gasteiger partial charge in [-0.25, -0.2) is 4.68 Å². The fourth-order valence-electron chi connectivity index (χ4n) is 2.56. The molecular formula is C18H17Cl2F3N4O. The van der Waals surface area contributed by atoms with Gasteiger partial charge in [0.2, 0.25) is 5.91 Å². The molecule has 0 saturated heterocycles. The molecule has 1 heterocycles. The summed E-state index contributed by atoms with van der Waals surface area (Å²) in [4.78, 5) is 12.2. The van der Waals surface area contributed by atoms with Gasteiger partial charge >= 0.3 is 6.18 Å². The highest BCUT2D eigenvalue weighted by Crippen LogP contribution is 2.38. The van der Waals surface area contributed by atoms with Gasteiger partial charge in [0.1, 0.15) is 17.3 Å². The molecule has 0 unspecified atom stereocenters. The first-order valence-electron chi connectivity index (χ1n) is 8.53. The maximum Gasteiger partial charge on any atom is 0.416 e. The molecule has 0 aliphatic carbocycles. The van der Waals surface area contributed by atoms with Crippen molar-refractivity contribution >= 4 is 34.9 Å². The molecule has 5 nitrogen and oxygen atoms in total. The fourth-order valence-corrected chi connectivity index (χ4v) is 3.21. The van der Waals surface area contributed by atoms with Crippen LogP contribution in [0.2, 0.25) is 10.0 Å². The molecule has 0 atom stereocenters. The summed E-state index contributed by atoms with van der Waals surface area (Å²) in [6.07, 6.45) is 0.399. The van der Waals surface area contributed by atoms with Crippen LogP contribution in [0.1, 0.15) is 50.2 Å². The molecule has 2 aromatic rings. The molecule has 0 saturated carbocycles. The highest BCUT2D eigenvalue weighted by Gasteiger charge is 2.32. The van der Waals surface area contributed by atoms with Gasteiger partial charge in [-0.1, -0.05) is 49.4 Å². The molecule has 0 radical (unpaired) electrons. The number of aromatic nitrogens is 2. The van der Waals surface area contributed by atoms with Crippen LogP contribution < -0.4 is 5.32 Å². The van der Waals surface area contributed by atoms with Crippen molar-refractivity contribution < 1.29 is 18.0 Å². The second kappa shape index (κ2) is 9.30. The summed E-state index contributed by atoms with van der Waals surface area (Å²) in [5, 5.41) is 15.2. The number of carbonyl (C=O) groups is 1. The highest BCUT2D eigenvalue weighted by atomic mass is 35.5. The number of benzene rings is 1. The van der Waals surface area contributed by atoms with E-state index in [9.17, 15) is 23.2 Å². The second-order valence-electron chi connectivity index (χ2n) is 6.08. The van der Waals surface area contributed by atoms with Gasteiger partial charge in [-0.05, 0) is 18.6 Å². The summed E-state index contributed by atoms with van der Waals surface area (Å²) in [5.41, 5.74) is -1.03. The Morgan fingerprint density at radius 2 is 1.89 bits per heavy atom. The largest absolute Gasteiger partial charge is 0.416 e. The van der Waals surface area contributed by atoms with E-state index in [1.54, 1.807) is 0 Å². The quantitative estimate of drug-likeness (QED) is 0.547. The lowest BCUT2D eigenvalue weighted by Crippen LogP contribution is -2.16. The minimum Gasteiger partial charge on any atom is -0.309 e. The van der Waals surface area contributed by atoms with E-state index in [-0.39, 0.29) is 39.4 Å². The summed E-state index contributed by atoms with van der Waals surface area (Å²) < 4.78 is 39.8. The number of nitrogens with zero attached hydrogens (tertiary/aromatic N) is 3. The van der Waals surface area contributed by atoms with Crippen LogP contribution in [0.5, 0.6) is 0 Å². The lowest BCUT2D eigenvalue weighted by molar-refractivity contribution is -0.137. The van der Waals surface area contributed by atoms with Crippen molar-refractivity contribution in [1.29, 1.82) is 5.26 Å². The third-order valence-electron chi connectivity index (χ3n) is 3.96. The van der Waals surface area contributed by atoms with E-state index < -0.39 is 11.7 Å². The van der Waals surface area contributed by atoms with Gasteiger partial charge in [0.25, 0.3) is 0 Å². The molecule has 150 valence electrons. The van der Waals surface area contributed by atoms with Crippen LogP contribution >= 0.6 is 23.2 Å². The Bertz CT molecular complexity index is 880. The highest BCUT2D eigenvalue weighted by molar-refractivity contribution is 6.38.